The van der Waals surface area contributed by atoms with Gasteiger partial charge in [0, 0.05) is 24.9 Å². The number of carbonyl (C=O) groups is 3. The van der Waals surface area contributed by atoms with Crippen molar-refractivity contribution in [3.8, 4) is 5.75 Å². The van der Waals surface area contributed by atoms with Crippen molar-refractivity contribution in [1.29, 1.82) is 0 Å². The molecule has 2 N–H and O–H groups in total. The normalized spacial score (nSPS) is 9.85. The summed E-state index contributed by atoms with van der Waals surface area (Å²) < 4.78 is 4.99. The standard InChI is InChI=1S/C14H17NO5/c1-20-11-4-2-10(3-5-11)12(16)6-7-13(17)15-9-8-14(18)19/h2-5H,6-9H2,1H3,(H,15,17)(H,18,19). The lowest BCUT2D eigenvalue weighted by Gasteiger charge is -2.04. The van der Waals surface area contributed by atoms with Crippen molar-refractivity contribution in [3.63, 3.8) is 0 Å². The molecule has 1 aromatic rings. The third-order valence-electron chi connectivity index (χ3n) is 2.65. The number of nitrogens with one attached hydrogen (secondary N) is 1. The Bertz CT molecular complexity index is 481. The third-order valence-corrected chi connectivity index (χ3v) is 2.65. The lowest BCUT2D eigenvalue weighted by molar-refractivity contribution is -0.136. The van der Waals surface area contributed by atoms with E-state index >= 15 is 0 Å². The SMILES string of the molecule is COc1ccc(C(=O)CCC(=O)NCCC(=O)O)cc1. The largest absolute Gasteiger partial charge is 0.497 e. The summed E-state index contributed by atoms with van der Waals surface area (Å²) in [7, 11) is 1.54. The minimum Gasteiger partial charge on any atom is -0.497 e. The molecule has 20 heavy (non-hydrogen) atoms. The van der Waals surface area contributed by atoms with Crippen LogP contribution in [0.4, 0.5) is 0 Å². The molecule has 0 radical (unpaired) electrons. The maximum atomic E-state index is 11.8. The summed E-state index contributed by atoms with van der Waals surface area (Å²) in [5.41, 5.74) is 0.518. The van der Waals surface area contributed by atoms with E-state index in [0.29, 0.717) is 11.3 Å². The highest BCUT2D eigenvalue weighted by molar-refractivity contribution is 5.98. The molecule has 108 valence electrons. The number of methoxy groups -OCH3 is 1. The molecule has 0 bridgehead atoms. The molecule has 0 saturated carbocycles. The van der Waals surface area contributed by atoms with Gasteiger partial charge in [-0.05, 0) is 24.3 Å². The molecule has 0 aliphatic carbocycles. The minimum atomic E-state index is -0.973. The van der Waals surface area contributed by atoms with Crippen LogP contribution in [0.5, 0.6) is 5.75 Å². The van der Waals surface area contributed by atoms with Gasteiger partial charge >= 0.3 is 5.97 Å². The Morgan fingerprint density at radius 3 is 2.30 bits per heavy atom. The van der Waals surface area contributed by atoms with Crippen LogP contribution in [-0.2, 0) is 9.59 Å². The van der Waals surface area contributed by atoms with Crippen LogP contribution in [0, 0.1) is 0 Å². The summed E-state index contributed by atoms with van der Waals surface area (Å²) in [4.78, 5) is 33.5. The Kier molecular flexibility index (Phi) is 6.22. The Labute approximate surface area is 116 Å². The highest BCUT2D eigenvalue weighted by Gasteiger charge is 2.09. The molecular weight excluding hydrogens is 262 g/mol. The molecule has 0 unspecified atom stereocenters. The second-order valence-electron chi connectivity index (χ2n) is 4.15. The number of ketones is 1. The number of amides is 1. The van der Waals surface area contributed by atoms with Crippen molar-refractivity contribution in [2.45, 2.75) is 19.3 Å². The van der Waals surface area contributed by atoms with Gasteiger partial charge in [-0.15, -0.1) is 0 Å². The van der Waals surface area contributed by atoms with Crippen molar-refractivity contribution in [2.75, 3.05) is 13.7 Å². The lowest BCUT2D eigenvalue weighted by atomic mass is 10.1. The number of ether oxygens (including phenoxy) is 1. The summed E-state index contributed by atoms with van der Waals surface area (Å²) in [5.74, 6) is -0.776. The van der Waals surface area contributed by atoms with Crippen molar-refractivity contribution < 1.29 is 24.2 Å². The zero-order chi connectivity index (χ0) is 15.0. The fraction of sp³-hybridized carbons (Fsp3) is 0.357. The molecule has 1 amide bonds. The van der Waals surface area contributed by atoms with E-state index in [2.05, 4.69) is 5.32 Å². The molecule has 6 heteroatoms. The van der Waals surface area contributed by atoms with Crippen LogP contribution in [-0.4, -0.2) is 36.4 Å². The van der Waals surface area contributed by atoms with Crippen LogP contribution < -0.4 is 10.1 Å². The number of carbonyl (C=O) groups excluding carboxylic acids is 2. The maximum absolute atomic E-state index is 11.8. The molecule has 0 atom stereocenters. The summed E-state index contributed by atoms with van der Waals surface area (Å²) in [6.07, 6.45) is 0.00782. The average molecular weight is 279 g/mol. The summed E-state index contributed by atoms with van der Waals surface area (Å²) in [6.45, 7) is 0.0743. The molecule has 0 aliphatic rings. The molecule has 1 aromatic carbocycles. The first-order chi connectivity index (χ1) is 9.52. The van der Waals surface area contributed by atoms with Gasteiger partial charge in [-0.25, -0.2) is 0 Å². The van der Waals surface area contributed by atoms with Gasteiger partial charge in [0.25, 0.3) is 0 Å². The smallest absolute Gasteiger partial charge is 0.305 e. The van der Waals surface area contributed by atoms with Gasteiger partial charge in [-0.2, -0.15) is 0 Å². The predicted molar refractivity (Wildman–Crippen MR) is 71.8 cm³/mol. The number of carboxylic acids is 1. The van der Waals surface area contributed by atoms with Crippen LogP contribution in [0.3, 0.4) is 0 Å². The monoisotopic (exact) mass is 279 g/mol. The number of carboxylic acid groups (broad SMARTS) is 1. The average Bonchev–Trinajstić information content (AvgIpc) is 2.44. The van der Waals surface area contributed by atoms with E-state index in [1.165, 1.54) is 7.11 Å². The Morgan fingerprint density at radius 1 is 1.10 bits per heavy atom. The van der Waals surface area contributed by atoms with Crippen LogP contribution in [0.25, 0.3) is 0 Å². The number of rotatable bonds is 8. The quantitative estimate of drug-likeness (QED) is 0.699. The molecule has 0 aliphatic heterocycles. The molecule has 0 spiro atoms. The van der Waals surface area contributed by atoms with Gasteiger partial charge in [-0.1, -0.05) is 0 Å². The first-order valence-electron chi connectivity index (χ1n) is 6.18. The van der Waals surface area contributed by atoms with E-state index in [9.17, 15) is 14.4 Å². The predicted octanol–water partition coefficient (Wildman–Crippen LogP) is 1.25. The highest BCUT2D eigenvalue weighted by Crippen LogP contribution is 2.13. The summed E-state index contributed by atoms with van der Waals surface area (Å²) >= 11 is 0. The molecule has 0 fully saturated rings. The second-order valence-corrected chi connectivity index (χ2v) is 4.15. The Balaban J connectivity index is 2.34. The maximum Gasteiger partial charge on any atom is 0.305 e. The van der Waals surface area contributed by atoms with E-state index < -0.39 is 5.97 Å². The number of Topliss-reactive ketones (excluding diaryl/α,β-unsaturated/α-hetero) is 1. The van der Waals surface area contributed by atoms with Gasteiger partial charge in [0.1, 0.15) is 5.75 Å². The molecular formula is C14H17NO5. The van der Waals surface area contributed by atoms with E-state index in [1.807, 2.05) is 0 Å². The number of benzene rings is 1. The van der Waals surface area contributed by atoms with E-state index in [0.717, 1.165) is 0 Å². The molecule has 6 nitrogen and oxygen atoms in total. The number of hydrogen-bond acceptors (Lipinski definition) is 4. The zero-order valence-electron chi connectivity index (χ0n) is 11.2. The van der Waals surface area contributed by atoms with Crippen molar-refractivity contribution in [2.24, 2.45) is 0 Å². The van der Waals surface area contributed by atoms with Crippen LogP contribution >= 0.6 is 0 Å². The molecule has 1 rings (SSSR count). The zero-order valence-corrected chi connectivity index (χ0v) is 11.2. The van der Waals surface area contributed by atoms with Gasteiger partial charge in [0.2, 0.25) is 5.91 Å². The van der Waals surface area contributed by atoms with Gasteiger partial charge in [-0.3, -0.25) is 14.4 Å². The van der Waals surface area contributed by atoms with Gasteiger partial charge in [0.05, 0.1) is 13.5 Å². The Hall–Kier alpha value is -2.37. The van der Waals surface area contributed by atoms with Crippen LogP contribution in [0.15, 0.2) is 24.3 Å². The fourth-order valence-corrected chi connectivity index (χ4v) is 1.55. The molecule has 0 aromatic heterocycles. The minimum absolute atomic E-state index is 0.0461. The first kappa shape index (κ1) is 15.7. The van der Waals surface area contributed by atoms with Crippen molar-refractivity contribution in [3.05, 3.63) is 29.8 Å². The van der Waals surface area contributed by atoms with Gasteiger partial charge < -0.3 is 15.2 Å². The van der Waals surface area contributed by atoms with E-state index in [1.54, 1.807) is 24.3 Å². The van der Waals surface area contributed by atoms with Crippen molar-refractivity contribution in [1.82, 2.24) is 5.32 Å². The summed E-state index contributed by atoms with van der Waals surface area (Å²) in [5, 5.41) is 10.9. The second kappa shape index (κ2) is 7.93. The number of aliphatic carboxylic acids is 1. The molecule has 0 saturated heterocycles. The molecule has 0 heterocycles. The number of hydrogen-bond donors (Lipinski definition) is 2. The Morgan fingerprint density at radius 2 is 1.75 bits per heavy atom. The fourth-order valence-electron chi connectivity index (χ4n) is 1.55. The van der Waals surface area contributed by atoms with Crippen LogP contribution in [0.1, 0.15) is 29.6 Å². The highest BCUT2D eigenvalue weighted by atomic mass is 16.5. The van der Waals surface area contributed by atoms with Crippen molar-refractivity contribution >= 4 is 17.7 Å². The lowest BCUT2D eigenvalue weighted by Crippen LogP contribution is -2.26. The van der Waals surface area contributed by atoms with Crippen LogP contribution in [0.2, 0.25) is 0 Å². The van der Waals surface area contributed by atoms with E-state index in [-0.39, 0.29) is 37.5 Å². The topological polar surface area (TPSA) is 92.7 Å². The summed E-state index contributed by atoms with van der Waals surface area (Å²) in [6, 6.07) is 6.65. The third kappa shape index (κ3) is 5.51. The van der Waals surface area contributed by atoms with Gasteiger partial charge in [0.15, 0.2) is 5.78 Å². The first-order valence-corrected chi connectivity index (χ1v) is 6.18. The van der Waals surface area contributed by atoms with E-state index in [4.69, 9.17) is 9.84 Å².